The van der Waals surface area contributed by atoms with Gasteiger partial charge in [0.1, 0.15) is 5.82 Å². The van der Waals surface area contributed by atoms with Crippen LogP contribution >= 0.6 is 0 Å². The molecule has 1 aromatic carbocycles. The molecule has 7 nitrogen and oxygen atoms in total. The van der Waals surface area contributed by atoms with E-state index in [1.165, 1.54) is 12.1 Å². The summed E-state index contributed by atoms with van der Waals surface area (Å²) < 4.78 is 44.1. The fraction of sp³-hybridized carbons (Fsp3) is 0.273. The summed E-state index contributed by atoms with van der Waals surface area (Å²) in [5.41, 5.74) is 5.19. The Balaban J connectivity index is 2.02. The largest absolute Gasteiger partial charge is 0.396 e. The maximum atomic E-state index is 13.2. The number of nitrogens with two attached hydrogens (primary N) is 1. The molecule has 0 aliphatic heterocycles. The van der Waals surface area contributed by atoms with Crippen LogP contribution in [-0.2, 0) is 16.4 Å². The van der Waals surface area contributed by atoms with Crippen molar-refractivity contribution in [1.82, 2.24) is 14.9 Å². The van der Waals surface area contributed by atoms with Crippen LogP contribution in [0.1, 0.15) is 11.7 Å². The number of nitrogen functional groups attached to an aromatic ring is 1. The molecule has 0 fully saturated rings. The Bertz CT molecular complexity index is 714. The van der Waals surface area contributed by atoms with Crippen molar-refractivity contribution < 1.29 is 17.3 Å². The first kappa shape index (κ1) is 14.4. The first-order valence-electron chi connectivity index (χ1n) is 5.72. The van der Waals surface area contributed by atoms with Gasteiger partial charge in [-0.2, -0.15) is 4.98 Å². The van der Waals surface area contributed by atoms with Crippen LogP contribution in [0.4, 0.5) is 10.1 Å². The van der Waals surface area contributed by atoms with Crippen molar-refractivity contribution >= 4 is 15.7 Å². The topological polar surface area (TPSA) is 111 Å². The fourth-order valence-electron chi connectivity index (χ4n) is 1.50. The Hall–Kier alpha value is -2.00. The number of aryl methyl sites for hydroxylation is 1. The molecule has 9 heteroatoms. The van der Waals surface area contributed by atoms with Gasteiger partial charge in [0.2, 0.25) is 15.9 Å². The molecular weight excluding hydrogens is 287 g/mol. The summed E-state index contributed by atoms with van der Waals surface area (Å²) in [7, 11) is -3.79. The molecule has 2 rings (SSSR count). The summed E-state index contributed by atoms with van der Waals surface area (Å²) in [5.74, 6) is 0.0267. The van der Waals surface area contributed by atoms with Gasteiger partial charge in [-0.3, -0.25) is 0 Å². The number of halogens is 1. The van der Waals surface area contributed by atoms with Crippen LogP contribution in [0.15, 0.2) is 27.6 Å². The van der Waals surface area contributed by atoms with Gasteiger partial charge < -0.3 is 10.3 Å². The third-order valence-electron chi connectivity index (χ3n) is 2.49. The fourth-order valence-corrected chi connectivity index (χ4v) is 2.54. The molecule has 3 N–H and O–H groups in total. The summed E-state index contributed by atoms with van der Waals surface area (Å²) in [6, 6.07) is 3.31. The first-order valence-corrected chi connectivity index (χ1v) is 7.21. The minimum atomic E-state index is -3.79. The van der Waals surface area contributed by atoms with Crippen molar-refractivity contribution in [3.8, 4) is 0 Å². The molecule has 0 saturated carbocycles. The van der Waals surface area contributed by atoms with Gasteiger partial charge in [0.25, 0.3) is 0 Å². The van der Waals surface area contributed by atoms with Gasteiger partial charge in [0.15, 0.2) is 5.82 Å². The molecule has 2 aromatic rings. The van der Waals surface area contributed by atoms with Gasteiger partial charge in [-0.25, -0.2) is 17.5 Å². The molecule has 0 saturated heterocycles. The van der Waals surface area contributed by atoms with Gasteiger partial charge in [0.05, 0.1) is 10.6 Å². The SMILES string of the molecule is Cc1nc(CCNS(=O)(=O)c2ccc(N)c(F)c2)no1. The number of benzene rings is 1. The molecular formula is C11H13FN4O3S. The van der Waals surface area contributed by atoms with Crippen molar-refractivity contribution in [2.45, 2.75) is 18.2 Å². The minimum Gasteiger partial charge on any atom is -0.396 e. The number of sulfonamides is 1. The van der Waals surface area contributed by atoms with E-state index in [1.807, 2.05) is 0 Å². The Morgan fingerprint density at radius 1 is 1.45 bits per heavy atom. The lowest BCUT2D eigenvalue weighted by atomic mass is 10.3. The number of anilines is 1. The van der Waals surface area contributed by atoms with Gasteiger partial charge >= 0.3 is 0 Å². The summed E-state index contributed by atoms with van der Waals surface area (Å²) in [4.78, 5) is 3.75. The summed E-state index contributed by atoms with van der Waals surface area (Å²) >= 11 is 0. The molecule has 0 spiro atoms. The predicted molar refractivity (Wildman–Crippen MR) is 68.7 cm³/mol. The third kappa shape index (κ3) is 3.31. The van der Waals surface area contributed by atoms with Crippen molar-refractivity contribution in [3.63, 3.8) is 0 Å². The zero-order valence-corrected chi connectivity index (χ0v) is 11.4. The number of hydrogen-bond donors (Lipinski definition) is 2. The quantitative estimate of drug-likeness (QED) is 0.783. The van der Waals surface area contributed by atoms with E-state index in [9.17, 15) is 12.8 Å². The van der Waals surface area contributed by atoms with Crippen LogP contribution in [-0.4, -0.2) is 25.1 Å². The van der Waals surface area contributed by atoms with E-state index in [-0.39, 0.29) is 23.5 Å². The predicted octanol–water partition coefficient (Wildman–Crippen LogP) is 0.620. The van der Waals surface area contributed by atoms with E-state index >= 15 is 0 Å². The van der Waals surface area contributed by atoms with Crippen molar-refractivity contribution in [2.75, 3.05) is 12.3 Å². The smallest absolute Gasteiger partial charge is 0.240 e. The highest BCUT2D eigenvalue weighted by atomic mass is 32.2. The highest BCUT2D eigenvalue weighted by molar-refractivity contribution is 7.89. The average molecular weight is 300 g/mol. The van der Waals surface area contributed by atoms with Crippen LogP contribution in [0.2, 0.25) is 0 Å². The maximum absolute atomic E-state index is 13.2. The monoisotopic (exact) mass is 300 g/mol. The van der Waals surface area contributed by atoms with Crippen LogP contribution < -0.4 is 10.5 Å². The van der Waals surface area contributed by atoms with E-state index in [2.05, 4.69) is 14.9 Å². The minimum absolute atomic E-state index is 0.0767. The average Bonchev–Trinajstić information content (AvgIpc) is 2.78. The third-order valence-corrected chi connectivity index (χ3v) is 3.95. The van der Waals surface area contributed by atoms with Gasteiger partial charge in [-0.1, -0.05) is 5.16 Å². The molecule has 0 unspecified atom stereocenters. The molecule has 1 heterocycles. The molecule has 0 bridgehead atoms. The Kier molecular flexibility index (Phi) is 4.00. The Labute approximate surface area is 115 Å². The molecule has 108 valence electrons. The second-order valence-corrected chi connectivity index (χ2v) is 5.83. The molecule has 1 aromatic heterocycles. The second kappa shape index (κ2) is 5.55. The lowest BCUT2D eigenvalue weighted by Gasteiger charge is -2.06. The lowest BCUT2D eigenvalue weighted by molar-refractivity contribution is 0.387. The van der Waals surface area contributed by atoms with Crippen LogP contribution in [0.25, 0.3) is 0 Å². The van der Waals surface area contributed by atoms with Gasteiger partial charge in [-0.15, -0.1) is 0 Å². The lowest BCUT2D eigenvalue weighted by Crippen LogP contribution is -2.26. The Morgan fingerprint density at radius 3 is 2.80 bits per heavy atom. The first-order chi connectivity index (χ1) is 9.38. The van der Waals surface area contributed by atoms with E-state index in [0.717, 1.165) is 6.07 Å². The van der Waals surface area contributed by atoms with Crippen molar-refractivity contribution in [3.05, 3.63) is 35.7 Å². The number of aromatic nitrogens is 2. The van der Waals surface area contributed by atoms with E-state index in [1.54, 1.807) is 6.92 Å². The van der Waals surface area contributed by atoms with E-state index in [0.29, 0.717) is 11.7 Å². The summed E-state index contributed by atoms with van der Waals surface area (Å²) in [6.07, 6.45) is 0.272. The maximum Gasteiger partial charge on any atom is 0.240 e. The number of hydrogen-bond acceptors (Lipinski definition) is 6. The summed E-state index contributed by atoms with van der Waals surface area (Å²) in [5, 5.41) is 3.64. The van der Waals surface area contributed by atoms with Crippen LogP contribution in [0.3, 0.4) is 0 Å². The Morgan fingerprint density at radius 2 is 2.20 bits per heavy atom. The zero-order chi connectivity index (χ0) is 14.8. The van der Waals surface area contributed by atoms with Crippen molar-refractivity contribution in [1.29, 1.82) is 0 Å². The number of rotatable bonds is 5. The number of nitrogens with one attached hydrogen (secondary N) is 1. The molecule has 0 aliphatic rings. The molecule has 0 amide bonds. The molecule has 0 atom stereocenters. The zero-order valence-electron chi connectivity index (χ0n) is 10.6. The normalized spacial score (nSPS) is 11.7. The van der Waals surface area contributed by atoms with Gasteiger partial charge in [0, 0.05) is 19.9 Å². The van der Waals surface area contributed by atoms with Crippen molar-refractivity contribution in [2.24, 2.45) is 0 Å². The van der Waals surface area contributed by atoms with Gasteiger partial charge in [-0.05, 0) is 18.2 Å². The van der Waals surface area contributed by atoms with Crippen LogP contribution in [0.5, 0.6) is 0 Å². The highest BCUT2D eigenvalue weighted by Gasteiger charge is 2.15. The van der Waals surface area contributed by atoms with Crippen LogP contribution in [0, 0.1) is 12.7 Å². The number of nitrogens with zero attached hydrogens (tertiary/aromatic N) is 2. The highest BCUT2D eigenvalue weighted by Crippen LogP contribution is 2.15. The standard InChI is InChI=1S/C11H13FN4O3S/c1-7-15-11(16-19-7)4-5-14-20(17,18)8-2-3-10(13)9(12)6-8/h2-3,6,14H,4-5,13H2,1H3. The molecule has 20 heavy (non-hydrogen) atoms. The van der Waals surface area contributed by atoms with E-state index < -0.39 is 15.8 Å². The summed E-state index contributed by atoms with van der Waals surface area (Å²) in [6.45, 7) is 1.71. The second-order valence-electron chi connectivity index (χ2n) is 4.06. The molecule has 0 aliphatic carbocycles. The van der Waals surface area contributed by atoms with E-state index in [4.69, 9.17) is 10.3 Å². The molecule has 0 radical (unpaired) electrons.